The summed E-state index contributed by atoms with van der Waals surface area (Å²) in [7, 11) is 7.38. The van der Waals surface area contributed by atoms with E-state index in [0.717, 1.165) is 45.8 Å². The van der Waals surface area contributed by atoms with Gasteiger partial charge in [0.1, 0.15) is 23.9 Å². The molecule has 136 valence electrons. The van der Waals surface area contributed by atoms with E-state index in [9.17, 15) is 0 Å². The topological polar surface area (TPSA) is 43.8 Å². The van der Waals surface area contributed by atoms with Gasteiger partial charge in [-0.05, 0) is 43.9 Å². The summed E-state index contributed by atoms with van der Waals surface area (Å²) in [6, 6.07) is 13.8. The highest BCUT2D eigenvalue weighted by molar-refractivity contribution is 5.92. The van der Waals surface area contributed by atoms with Gasteiger partial charge in [-0.25, -0.2) is 0 Å². The van der Waals surface area contributed by atoms with E-state index in [-0.39, 0.29) is 0 Å². The highest BCUT2D eigenvalue weighted by Gasteiger charge is 2.13. The molecule has 0 spiro atoms. The molecule has 0 bridgehead atoms. The van der Waals surface area contributed by atoms with Crippen LogP contribution in [0.5, 0.6) is 17.2 Å². The fraction of sp³-hybridized carbons (Fsp3) is 0.286. The highest BCUT2D eigenvalue weighted by Crippen LogP contribution is 2.37. The summed E-state index contributed by atoms with van der Waals surface area (Å²) in [5.74, 6) is 2.44. The Bertz CT molecular complexity index is 876. The maximum absolute atomic E-state index is 6.19. The van der Waals surface area contributed by atoms with E-state index in [0.29, 0.717) is 6.61 Å². The van der Waals surface area contributed by atoms with Crippen molar-refractivity contribution in [3.05, 3.63) is 48.7 Å². The minimum Gasteiger partial charge on any atom is -0.497 e. The van der Waals surface area contributed by atoms with Crippen LogP contribution in [0.4, 0.5) is 0 Å². The first-order valence-electron chi connectivity index (χ1n) is 8.51. The summed E-state index contributed by atoms with van der Waals surface area (Å²) in [6.07, 6.45) is 1.86. The third-order valence-corrected chi connectivity index (χ3v) is 4.21. The molecular formula is C21H24N2O3. The van der Waals surface area contributed by atoms with Crippen LogP contribution in [-0.4, -0.2) is 51.4 Å². The second kappa shape index (κ2) is 8.06. The summed E-state index contributed by atoms with van der Waals surface area (Å²) in [6.45, 7) is 1.43. The molecule has 0 aliphatic carbocycles. The normalized spacial score (nSPS) is 11.0. The van der Waals surface area contributed by atoms with Crippen LogP contribution >= 0.6 is 0 Å². The molecular weight excluding hydrogens is 328 g/mol. The average molecular weight is 352 g/mol. The van der Waals surface area contributed by atoms with Crippen molar-refractivity contribution >= 4 is 10.9 Å². The van der Waals surface area contributed by atoms with E-state index in [2.05, 4.69) is 9.88 Å². The van der Waals surface area contributed by atoms with Crippen molar-refractivity contribution in [2.24, 2.45) is 0 Å². The number of pyridine rings is 1. The van der Waals surface area contributed by atoms with Crippen LogP contribution in [0.1, 0.15) is 0 Å². The molecule has 0 atom stereocenters. The Kier molecular flexibility index (Phi) is 5.58. The van der Waals surface area contributed by atoms with Crippen molar-refractivity contribution in [1.82, 2.24) is 9.88 Å². The van der Waals surface area contributed by atoms with Crippen LogP contribution in [0.3, 0.4) is 0 Å². The standard InChI is InChI=1S/C21H24N2O3/c1-23(2)11-12-26-21-18-10-9-17(25-4)13-20(18)22-14-19(21)15-5-7-16(24-3)8-6-15/h5-10,13-14H,11-12H2,1-4H3. The first kappa shape index (κ1) is 18.0. The molecule has 1 heterocycles. The molecule has 0 radical (unpaired) electrons. The predicted octanol–water partition coefficient (Wildman–Crippen LogP) is 3.86. The maximum atomic E-state index is 6.19. The molecule has 5 heteroatoms. The van der Waals surface area contributed by atoms with Crippen molar-refractivity contribution < 1.29 is 14.2 Å². The van der Waals surface area contributed by atoms with Gasteiger partial charge >= 0.3 is 0 Å². The van der Waals surface area contributed by atoms with Gasteiger partial charge in [0.05, 0.1) is 19.7 Å². The fourth-order valence-corrected chi connectivity index (χ4v) is 2.74. The van der Waals surface area contributed by atoms with Gasteiger partial charge in [-0.1, -0.05) is 12.1 Å². The van der Waals surface area contributed by atoms with E-state index >= 15 is 0 Å². The van der Waals surface area contributed by atoms with Crippen LogP contribution in [0.25, 0.3) is 22.0 Å². The Morgan fingerprint density at radius 3 is 2.27 bits per heavy atom. The number of hydrogen-bond donors (Lipinski definition) is 0. The average Bonchev–Trinajstić information content (AvgIpc) is 2.67. The molecule has 2 aromatic carbocycles. The molecule has 0 unspecified atom stereocenters. The summed E-state index contributed by atoms with van der Waals surface area (Å²) >= 11 is 0. The van der Waals surface area contributed by atoms with E-state index in [1.807, 2.05) is 62.8 Å². The molecule has 5 nitrogen and oxygen atoms in total. The van der Waals surface area contributed by atoms with Gasteiger partial charge in [0, 0.05) is 29.8 Å². The number of benzene rings is 2. The van der Waals surface area contributed by atoms with Crippen molar-refractivity contribution in [3.63, 3.8) is 0 Å². The lowest BCUT2D eigenvalue weighted by atomic mass is 10.0. The minimum absolute atomic E-state index is 0.599. The van der Waals surface area contributed by atoms with Crippen LogP contribution in [0.15, 0.2) is 48.7 Å². The van der Waals surface area contributed by atoms with Gasteiger partial charge in [0.2, 0.25) is 0 Å². The lowest BCUT2D eigenvalue weighted by Crippen LogP contribution is -2.19. The molecule has 0 aliphatic rings. The molecule has 3 aromatic rings. The first-order chi connectivity index (χ1) is 12.6. The molecule has 1 aromatic heterocycles. The van der Waals surface area contributed by atoms with Crippen molar-refractivity contribution in [2.45, 2.75) is 0 Å². The molecule has 0 saturated heterocycles. The van der Waals surface area contributed by atoms with Gasteiger partial charge in [0.25, 0.3) is 0 Å². The molecule has 3 rings (SSSR count). The Morgan fingerprint density at radius 2 is 1.62 bits per heavy atom. The lowest BCUT2D eigenvalue weighted by molar-refractivity contribution is 0.264. The number of nitrogens with zero attached hydrogens (tertiary/aromatic N) is 2. The number of methoxy groups -OCH3 is 2. The van der Waals surface area contributed by atoms with Gasteiger partial charge in [0.15, 0.2) is 0 Å². The zero-order valence-corrected chi connectivity index (χ0v) is 15.7. The van der Waals surface area contributed by atoms with Gasteiger partial charge in [-0.15, -0.1) is 0 Å². The first-order valence-corrected chi connectivity index (χ1v) is 8.51. The number of likely N-dealkylation sites (N-methyl/N-ethyl adjacent to an activating group) is 1. The van der Waals surface area contributed by atoms with Crippen LogP contribution in [0, 0.1) is 0 Å². The SMILES string of the molecule is COc1ccc(-c2cnc3cc(OC)ccc3c2OCCN(C)C)cc1. The fourth-order valence-electron chi connectivity index (χ4n) is 2.74. The third kappa shape index (κ3) is 3.89. The number of rotatable bonds is 7. The van der Waals surface area contributed by atoms with Crippen LogP contribution in [-0.2, 0) is 0 Å². The summed E-state index contributed by atoms with van der Waals surface area (Å²) in [5, 5.41) is 0.970. The molecule has 0 N–H and O–H groups in total. The molecule has 0 aliphatic heterocycles. The number of hydrogen-bond acceptors (Lipinski definition) is 5. The maximum Gasteiger partial charge on any atom is 0.138 e. The smallest absolute Gasteiger partial charge is 0.138 e. The van der Waals surface area contributed by atoms with Gasteiger partial charge in [-0.3, -0.25) is 4.98 Å². The quantitative estimate of drug-likeness (QED) is 0.646. The summed E-state index contributed by atoms with van der Waals surface area (Å²) < 4.78 is 16.8. The minimum atomic E-state index is 0.599. The van der Waals surface area contributed by atoms with Crippen LogP contribution in [0.2, 0.25) is 0 Å². The lowest BCUT2D eigenvalue weighted by Gasteiger charge is -2.16. The van der Waals surface area contributed by atoms with E-state index in [1.54, 1.807) is 14.2 Å². The molecule has 0 saturated carbocycles. The zero-order valence-electron chi connectivity index (χ0n) is 15.7. The zero-order chi connectivity index (χ0) is 18.5. The Balaban J connectivity index is 2.07. The van der Waals surface area contributed by atoms with E-state index < -0.39 is 0 Å². The highest BCUT2D eigenvalue weighted by atomic mass is 16.5. The van der Waals surface area contributed by atoms with E-state index in [1.165, 1.54) is 0 Å². The number of fused-ring (bicyclic) bond motifs is 1. The van der Waals surface area contributed by atoms with Crippen molar-refractivity contribution in [3.8, 4) is 28.4 Å². The Labute approximate surface area is 154 Å². The number of aromatic nitrogens is 1. The Morgan fingerprint density at radius 1 is 0.923 bits per heavy atom. The summed E-state index contributed by atoms with van der Waals surface area (Å²) in [4.78, 5) is 6.71. The monoisotopic (exact) mass is 352 g/mol. The predicted molar refractivity (Wildman–Crippen MR) is 104 cm³/mol. The van der Waals surface area contributed by atoms with Crippen LogP contribution < -0.4 is 14.2 Å². The molecule has 0 amide bonds. The summed E-state index contributed by atoms with van der Waals surface area (Å²) in [5.41, 5.74) is 2.85. The van der Waals surface area contributed by atoms with Gasteiger partial charge < -0.3 is 19.1 Å². The second-order valence-corrected chi connectivity index (χ2v) is 6.26. The second-order valence-electron chi connectivity index (χ2n) is 6.26. The Hall–Kier alpha value is -2.79. The van der Waals surface area contributed by atoms with Crippen molar-refractivity contribution in [2.75, 3.05) is 41.5 Å². The van der Waals surface area contributed by atoms with Gasteiger partial charge in [-0.2, -0.15) is 0 Å². The van der Waals surface area contributed by atoms with Crippen molar-refractivity contribution in [1.29, 1.82) is 0 Å². The molecule has 0 fully saturated rings. The van der Waals surface area contributed by atoms with E-state index in [4.69, 9.17) is 14.2 Å². The third-order valence-electron chi connectivity index (χ3n) is 4.21. The number of ether oxygens (including phenoxy) is 3. The molecule has 26 heavy (non-hydrogen) atoms. The largest absolute Gasteiger partial charge is 0.497 e.